The second-order valence-electron chi connectivity index (χ2n) is 7.69. The quantitative estimate of drug-likeness (QED) is 0.884. The largest absolute Gasteiger partial charge is 0.337 e. The number of hydrogen-bond acceptors (Lipinski definition) is 4. The Labute approximate surface area is 158 Å². The number of carbonyl (C=O) groups is 1. The topological polar surface area (TPSA) is 71.3 Å². The number of amides is 2. The zero-order valence-electron chi connectivity index (χ0n) is 15.6. The van der Waals surface area contributed by atoms with Gasteiger partial charge in [-0.15, -0.1) is 0 Å². The van der Waals surface area contributed by atoms with E-state index in [4.69, 9.17) is 4.52 Å². The summed E-state index contributed by atoms with van der Waals surface area (Å²) in [6.07, 6.45) is 5.85. The van der Waals surface area contributed by atoms with Crippen molar-refractivity contribution in [1.82, 2.24) is 20.4 Å². The van der Waals surface area contributed by atoms with Crippen LogP contribution in [0.25, 0.3) is 0 Å². The van der Waals surface area contributed by atoms with Gasteiger partial charge in [0.1, 0.15) is 11.9 Å². The molecule has 1 atom stereocenters. The van der Waals surface area contributed by atoms with Crippen molar-refractivity contribution in [3.8, 4) is 0 Å². The maximum Gasteiger partial charge on any atom is 0.318 e. The van der Waals surface area contributed by atoms with Gasteiger partial charge in [0.25, 0.3) is 0 Å². The lowest BCUT2D eigenvalue weighted by atomic mass is 9.79. The monoisotopic (exact) mass is 372 g/mol. The van der Waals surface area contributed by atoms with Crippen LogP contribution in [0.5, 0.6) is 0 Å². The molecule has 1 saturated heterocycles. The Morgan fingerprint density at radius 1 is 1.37 bits per heavy atom. The highest BCUT2D eigenvalue weighted by molar-refractivity contribution is 5.75. The molecule has 1 N–H and O–H groups in total. The molecule has 2 fully saturated rings. The molecule has 0 spiro atoms. The third kappa shape index (κ3) is 3.55. The highest BCUT2D eigenvalue weighted by atomic mass is 19.1. The second-order valence-corrected chi connectivity index (χ2v) is 7.69. The van der Waals surface area contributed by atoms with E-state index < -0.39 is 0 Å². The summed E-state index contributed by atoms with van der Waals surface area (Å²) in [4.78, 5) is 19.0. The van der Waals surface area contributed by atoms with Crippen LogP contribution in [0.1, 0.15) is 61.8 Å². The van der Waals surface area contributed by atoms with Gasteiger partial charge < -0.3 is 14.7 Å². The standard InChI is InChI=1S/C20H25FN4O2/c1-14-23-18(27-24-14)17-8-5-11-25(17)19(26)22-13-20(9-2-3-10-20)15-6-4-7-16(21)12-15/h4,6-7,12,17H,2-3,5,8-11,13H2,1H3,(H,22,26)/t17-/m0/s1. The van der Waals surface area contributed by atoms with Crippen LogP contribution in [0.2, 0.25) is 0 Å². The van der Waals surface area contributed by atoms with E-state index in [1.807, 2.05) is 6.07 Å². The molecule has 144 valence electrons. The van der Waals surface area contributed by atoms with Gasteiger partial charge in [0.2, 0.25) is 5.89 Å². The molecule has 0 bridgehead atoms. The van der Waals surface area contributed by atoms with Gasteiger partial charge in [-0.2, -0.15) is 4.98 Å². The Balaban J connectivity index is 1.47. The summed E-state index contributed by atoms with van der Waals surface area (Å²) < 4.78 is 19.0. The highest BCUT2D eigenvalue weighted by Gasteiger charge is 2.38. The van der Waals surface area contributed by atoms with Crippen LogP contribution >= 0.6 is 0 Å². The van der Waals surface area contributed by atoms with Crippen molar-refractivity contribution in [1.29, 1.82) is 0 Å². The maximum absolute atomic E-state index is 13.8. The van der Waals surface area contributed by atoms with Crippen molar-refractivity contribution < 1.29 is 13.7 Å². The lowest BCUT2D eigenvalue weighted by molar-refractivity contribution is 0.177. The predicted molar refractivity (Wildman–Crippen MR) is 97.7 cm³/mol. The molecule has 1 aromatic heterocycles. The van der Waals surface area contributed by atoms with Gasteiger partial charge >= 0.3 is 6.03 Å². The first-order valence-corrected chi connectivity index (χ1v) is 9.68. The SMILES string of the molecule is Cc1noc([C@@H]2CCCN2C(=O)NCC2(c3cccc(F)c3)CCCC2)n1. The number of halogens is 1. The minimum Gasteiger partial charge on any atom is -0.337 e. The first-order chi connectivity index (χ1) is 13.1. The molecule has 7 heteroatoms. The number of aromatic nitrogens is 2. The van der Waals surface area contributed by atoms with Crippen LogP contribution < -0.4 is 5.32 Å². The minimum absolute atomic E-state index is 0.115. The molecule has 27 heavy (non-hydrogen) atoms. The number of nitrogens with zero attached hydrogens (tertiary/aromatic N) is 3. The van der Waals surface area contributed by atoms with E-state index in [0.29, 0.717) is 24.8 Å². The van der Waals surface area contributed by atoms with Crippen LogP contribution in [0.4, 0.5) is 9.18 Å². The normalized spacial score (nSPS) is 21.6. The fourth-order valence-corrected chi connectivity index (χ4v) is 4.50. The van der Waals surface area contributed by atoms with Crippen molar-refractivity contribution >= 4 is 6.03 Å². The molecule has 1 aliphatic carbocycles. The van der Waals surface area contributed by atoms with Gasteiger partial charge in [0.15, 0.2) is 5.82 Å². The molecule has 0 radical (unpaired) electrons. The summed E-state index contributed by atoms with van der Waals surface area (Å²) in [6, 6.07) is 6.51. The zero-order valence-corrected chi connectivity index (χ0v) is 15.6. The van der Waals surface area contributed by atoms with Gasteiger partial charge in [-0.1, -0.05) is 30.1 Å². The molecular formula is C20H25FN4O2. The van der Waals surface area contributed by atoms with Crippen molar-refractivity contribution in [3.05, 3.63) is 47.4 Å². The van der Waals surface area contributed by atoms with Crippen LogP contribution in [0, 0.1) is 12.7 Å². The van der Waals surface area contributed by atoms with E-state index in [-0.39, 0.29) is 23.3 Å². The van der Waals surface area contributed by atoms with Gasteiger partial charge in [0.05, 0.1) is 0 Å². The number of aryl methyl sites for hydroxylation is 1. The first kappa shape index (κ1) is 17.9. The van der Waals surface area contributed by atoms with E-state index in [1.165, 1.54) is 6.07 Å². The summed E-state index contributed by atoms with van der Waals surface area (Å²) in [5.74, 6) is 0.852. The molecule has 6 nitrogen and oxygen atoms in total. The van der Waals surface area contributed by atoms with E-state index >= 15 is 0 Å². The lowest BCUT2D eigenvalue weighted by Gasteiger charge is -2.31. The molecule has 1 aliphatic heterocycles. The van der Waals surface area contributed by atoms with Crippen LogP contribution in [-0.2, 0) is 5.41 Å². The van der Waals surface area contributed by atoms with Crippen molar-refractivity contribution in [2.24, 2.45) is 0 Å². The number of carbonyl (C=O) groups excluding carboxylic acids is 1. The smallest absolute Gasteiger partial charge is 0.318 e. The molecule has 0 unspecified atom stereocenters. The van der Waals surface area contributed by atoms with Crippen LogP contribution in [0.15, 0.2) is 28.8 Å². The van der Waals surface area contributed by atoms with Crippen molar-refractivity contribution in [3.63, 3.8) is 0 Å². The van der Waals surface area contributed by atoms with E-state index in [9.17, 15) is 9.18 Å². The van der Waals surface area contributed by atoms with Gasteiger partial charge in [-0.3, -0.25) is 0 Å². The average molecular weight is 372 g/mol. The number of rotatable bonds is 4. The number of hydrogen-bond donors (Lipinski definition) is 1. The fourth-order valence-electron chi connectivity index (χ4n) is 4.50. The minimum atomic E-state index is -0.225. The van der Waals surface area contributed by atoms with Gasteiger partial charge in [0, 0.05) is 18.5 Å². The number of nitrogens with one attached hydrogen (secondary N) is 1. The molecular weight excluding hydrogens is 347 g/mol. The Hall–Kier alpha value is -2.44. The molecule has 2 heterocycles. The molecule has 1 aromatic carbocycles. The summed E-state index contributed by atoms with van der Waals surface area (Å²) in [7, 11) is 0. The second kappa shape index (κ2) is 7.29. The Morgan fingerprint density at radius 3 is 2.89 bits per heavy atom. The van der Waals surface area contributed by atoms with Gasteiger partial charge in [-0.25, -0.2) is 9.18 Å². The molecule has 2 amide bonds. The number of likely N-dealkylation sites (tertiary alicyclic amines) is 1. The molecule has 2 aromatic rings. The summed E-state index contributed by atoms with van der Waals surface area (Å²) in [6.45, 7) is 2.96. The molecule has 2 aliphatic rings. The molecule has 1 saturated carbocycles. The van der Waals surface area contributed by atoms with E-state index in [1.54, 1.807) is 24.0 Å². The Morgan fingerprint density at radius 2 is 2.19 bits per heavy atom. The summed E-state index contributed by atoms with van der Waals surface area (Å²) in [5.41, 5.74) is 0.791. The predicted octanol–water partition coefficient (Wildman–Crippen LogP) is 3.88. The van der Waals surface area contributed by atoms with E-state index in [2.05, 4.69) is 15.5 Å². The van der Waals surface area contributed by atoms with Crippen LogP contribution in [-0.4, -0.2) is 34.2 Å². The Bertz CT molecular complexity index is 816. The fraction of sp³-hybridized carbons (Fsp3) is 0.550. The third-order valence-corrected chi connectivity index (χ3v) is 5.92. The zero-order chi connectivity index (χ0) is 18.9. The first-order valence-electron chi connectivity index (χ1n) is 9.68. The van der Waals surface area contributed by atoms with Crippen molar-refractivity contribution in [2.45, 2.75) is 56.9 Å². The van der Waals surface area contributed by atoms with Crippen LogP contribution in [0.3, 0.4) is 0 Å². The highest BCUT2D eigenvalue weighted by Crippen LogP contribution is 2.41. The summed E-state index contributed by atoms with van der Waals surface area (Å²) >= 11 is 0. The maximum atomic E-state index is 13.8. The number of urea groups is 1. The average Bonchev–Trinajstić information content (AvgIpc) is 3.40. The van der Waals surface area contributed by atoms with Crippen molar-refractivity contribution in [2.75, 3.05) is 13.1 Å². The summed E-state index contributed by atoms with van der Waals surface area (Å²) in [5, 5.41) is 6.95. The third-order valence-electron chi connectivity index (χ3n) is 5.92. The van der Waals surface area contributed by atoms with Gasteiger partial charge in [-0.05, 0) is 50.3 Å². The Kier molecular flexibility index (Phi) is 4.85. The number of benzene rings is 1. The lowest BCUT2D eigenvalue weighted by Crippen LogP contribution is -2.45. The van der Waals surface area contributed by atoms with E-state index in [0.717, 1.165) is 44.1 Å². The molecule has 4 rings (SSSR count).